The Labute approximate surface area is 696 Å². The van der Waals surface area contributed by atoms with Gasteiger partial charge in [-0.2, -0.15) is 0 Å². The van der Waals surface area contributed by atoms with E-state index in [0.29, 0.717) is 25.7 Å². The highest BCUT2D eigenvalue weighted by Gasteiger charge is 2.31. The van der Waals surface area contributed by atoms with Crippen molar-refractivity contribution in [2.75, 3.05) is 39.6 Å². The highest BCUT2D eigenvalue weighted by molar-refractivity contribution is 7.47. The molecule has 0 bridgehead atoms. The topological polar surface area (TPSA) is 237 Å². The number of rotatable bonds is 94. The lowest BCUT2D eigenvalue weighted by Crippen LogP contribution is -2.30. The summed E-state index contributed by atoms with van der Waals surface area (Å²) in [7, 11) is -9.94. The molecule has 0 heterocycles. The maximum absolute atomic E-state index is 13.2. The standard InChI is InChI=1S/C94H184O17P2/c1-6-9-12-15-18-21-24-26-28-30-32-34-36-41-45-49-53-58-63-68-73-78-92(97)105-84-90(111-94(99)80-75-70-65-60-55-51-47-43-39-38-40-44-48-52-56-61-66-71-76-87(4)5)86-109-113(102,103)107-82-88(95)81-106-112(100,101)108-85-89(83-104-91(96)77-72-67-62-57-23-20-17-14-11-8-3)110-93(98)79-74-69-64-59-54-50-46-42-37-35-33-31-29-27-25-22-19-16-13-10-7-2/h87-90,95H,6-86H2,1-5H3,(H,100,101)(H,102,103)/t88-,89+,90+/m0/s1. The first-order valence-electron chi connectivity index (χ1n) is 48.6. The lowest BCUT2D eigenvalue weighted by molar-refractivity contribution is -0.161. The molecule has 19 heteroatoms. The zero-order chi connectivity index (χ0) is 82.6. The Bertz CT molecular complexity index is 2140. The molecule has 0 aromatic heterocycles. The molecule has 17 nitrogen and oxygen atoms in total. The number of aliphatic hydroxyl groups is 1. The molecule has 0 aromatic rings. The molecule has 0 aliphatic heterocycles. The number of phosphoric ester groups is 2. The van der Waals surface area contributed by atoms with Crippen molar-refractivity contribution in [3.8, 4) is 0 Å². The Morgan fingerprint density at radius 1 is 0.239 bits per heavy atom. The average Bonchev–Trinajstić information content (AvgIpc) is 0.896. The van der Waals surface area contributed by atoms with Crippen molar-refractivity contribution < 1.29 is 80.2 Å². The molecule has 0 saturated heterocycles. The minimum absolute atomic E-state index is 0.110. The number of hydrogen-bond donors (Lipinski definition) is 3. The van der Waals surface area contributed by atoms with Gasteiger partial charge in [-0.15, -0.1) is 0 Å². The van der Waals surface area contributed by atoms with Gasteiger partial charge in [-0.05, 0) is 31.6 Å². The molecule has 5 atom stereocenters. The van der Waals surface area contributed by atoms with Crippen LogP contribution >= 0.6 is 15.6 Å². The first-order valence-corrected chi connectivity index (χ1v) is 51.6. The minimum Gasteiger partial charge on any atom is -0.462 e. The molecular formula is C94H184O17P2. The van der Waals surface area contributed by atoms with Gasteiger partial charge in [-0.3, -0.25) is 37.3 Å². The molecule has 3 N–H and O–H groups in total. The summed E-state index contributed by atoms with van der Waals surface area (Å²) in [4.78, 5) is 73.5. The van der Waals surface area contributed by atoms with E-state index in [2.05, 4.69) is 34.6 Å². The quantitative estimate of drug-likeness (QED) is 0.0222. The molecule has 672 valence electrons. The molecule has 113 heavy (non-hydrogen) atoms. The van der Waals surface area contributed by atoms with Gasteiger partial charge in [0.1, 0.15) is 19.3 Å². The molecule has 2 unspecified atom stereocenters. The van der Waals surface area contributed by atoms with Gasteiger partial charge >= 0.3 is 39.5 Å². The third-order valence-electron chi connectivity index (χ3n) is 22.3. The number of unbranched alkanes of at least 4 members (excludes halogenated alkanes) is 66. The van der Waals surface area contributed by atoms with Crippen LogP contribution in [-0.2, 0) is 65.4 Å². The van der Waals surface area contributed by atoms with Crippen molar-refractivity contribution in [1.82, 2.24) is 0 Å². The molecule has 0 saturated carbocycles. The van der Waals surface area contributed by atoms with Crippen LogP contribution in [-0.4, -0.2) is 96.7 Å². The summed E-state index contributed by atoms with van der Waals surface area (Å²) in [5, 5.41) is 10.7. The number of carbonyl (C=O) groups excluding carboxylic acids is 4. The molecule has 0 spiro atoms. The molecular weight excluding hydrogens is 1460 g/mol. The van der Waals surface area contributed by atoms with E-state index in [9.17, 15) is 43.2 Å². The van der Waals surface area contributed by atoms with E-state index in [1.165, 1.54) is 340 Å². The predicted octanol–water partition coefficient (Wildman–Crippen LogP) is 29.5. The fourth-order valence-corrected chi connectivity index (χ4v) is 16.5. The van der Waals surface area contributed by atoms with E-state index in [1.807, 2.05) is 0 Å². The summed E-state index contributed by atoms with van der Waals surface area (Å²) >= 11 is 0. The van der Waals surface area contributed by atoms with Gasteiger partial charge in [0.25, 0.3) is 0 Å². The van der Waals surface area contributed by atoms with Gasteiger partial charge < -0.3 is 33.8 Å². The van der Waals surface area contributed by atoms with Crippen LogP contribution < -0.4 is 0 Å². The first kappa shape index (κ1) is 111. The number of esters is 4. The van der Waals surface area contributed by atoms with Gasteiger partial charge in [0.05, 0.1) is 26.4 Å². The van der Waals surface area contributed by atoms with Gasteiger partial charge in [0.15, 0.2) is 12.2 Å². The second kappa shape index (κ2) is 86.4. The fourth-order valence-electron chi connectivity index (χ4n) is 14.9. The predicted molar refractivity (Wildman–Crippen MR) is 469 cm³/mol. The SMILES string of the molecule is CCCCCCCCCCCCCCCCCCCCCCCC(=O)OC[C@H](COP(=O)(O)OC[C@@H](O)COP(=O)(O)OC[C@@H](COC(=O)CCCCCCCCCCCC)OC(=O)CCCCCCCCCCCCCCCCCCCCCCC)OC(=O)CCCCCCCCCCCCCCCCCCCCC(C)C. The van der Waals surface area contributed by atoms with Crippen LogP contribution in [0.1, 0.15) is 516 Å². The molecule has 0 amide bonds. The van der Waals surface area contributed by atoms with Crippen LogP contribution in [0.3, 0.4) is 0 Å². The number of hydrogen-bond acceptors (Lipinski definition) is 15. The summed E-state index contributed by atoms with van der Waals surface area (Å²) < 4.78 is 69.1. The Balaban J connectivity index is 5.20. The van der Waals surface area contributed by atoms with Crippen LogP contribution in [0, 0.1) is 5.92 Å². The van der Waals surface area contributed by atoms with Crippen LogP contribution in [0.2, 0.25) is 0 Å². The van der Waals surface area contributed by atoms with Crippen LogP contribution in [0.15, 0.2) is 0 Å². The minimum atomic E-state index is -4.97. The molecule has 0 fully saturated rings. The summed E-state index contributed by atoms with van der Waals surface area (Å²) in [6.07, 6.45) is 83.6. The zero-order valence-corrected chi connectivity index (χ0v) is 76.3. The molecule has 0 aromatic carbocycles. The zero-order valence-electron chi connectivity index (χ0n) is 74.5. The Hall–Kier alpha value is -1.94. The maximum Gasteiger partial charge on any atom is 0.472 e. The van der Waals surface area contributed by atoms with Crippen molar-refractivity contribution in [2.24, 2.45) is 5.92 Å². The fraction of sp³-hybridized carbons (Fsp3) is 0.957. The van der Waals surface area contributed by atoms with Crippen molar-refractivity contribution >= 4 is 39.5 Å². The van der Waals surface area contributed by atoms with E-state index in [4.69, 9.17) is 37.0 Å². The molecule has 0 rings (SSSR count). The lowest BCUT2D eigenvalue weighted by Gasteiger charge is -2.21. The summed E-state index contributed by atoms with van der Waals surface area (Å²) in [5.74, 6) is -1.27. The highest BCUT2D eigenvalue weighted by Crippen LogP contribution is 2.45. The van der Waals surface area contributed by atoms with Gasteiger partial charge in [-0.1, -0.05) is 465 Å². The van der Waals surface area contributed by atoms with Crippen molar-refractivity contribution in [2.45, 2.75) is 534 Å². The van der Waals surface area contributed by atoms with E-state index in [0.717, 1.165) is 95.8 Å². The second-order valence-electron chi connectivity index (χ2n) is 34.2. The Morgan fingerprint density at radius 2 is 0.407 bits per heavy atom. The van der Waals surface area contributed by atoms with Crippen molar-refractivity contribution in [3.05, 3.63) is 0 Å². The summed E-state index contributed by atoms with van der Waals surface area (Å²) in [5.41, 5.74) is 0. The van der Waals surface area contributed by atoms with Gasteiger partial charge in [0.2, 0.25) is 0 Å². The summed E-state index contributed by atoms with van der Waals surface area (Å²) in [6, 6.07) is 0. The van der Waals surface area contributed by atoms with Crippen LogP contribution in [0.25, 0.3) is 0 Å². The Morgan fingerprint density at radius 3 is 0.602 bits per heavy atom. The largest absolute Gasteiger partial charge is 0.472 e. The Kier molecular flexibility index (Phi) is 85.0. The number of ether oxygens (including phenoxy) is 4. The first-order chi connectivity index (χ1) is 55.0. The monoisotopic (exact) mass is 1650 g/mol. The number of phosphoric acid groups is 2. The second-order valence-corrected chi connectivity index (χ2v) is 37.1. The van der Waals surface area contributed by atoms with Crippen molar-refractivity contribution in [1.29, 1.82) is 0 Å². The van der Waals surface area contributed by atoms with E-state index in [1.54, 1.807) is 0 Å². The third-order valence-corrected chi connectivity index (χ3v) is 24.2. The maximum atomic E-state index is 13.2. The summed E-state index contributed by atoms with van der Waals surface area (Å²) in [6.45, 7) is 7.44. The van der Waals surface area contributed by atoms with E-state index >= 15 is 0 Å². The van der Waals surface area contributed by atoms with Crippen LogP contribution in [0.4, 0.5) is 0 Å². The molecule has 0 aliphatic carbocycles. The third kappa shape index (κ3) is 87.7. The number of aliphatic hydroxyl groups excluding tert-OH is 1. The normalized spacial score (nSPS) is 13.6. The average molecular weight is 1650 g/mol. The van der Waals surface area contributed by atoms with Gasteiger partial charge in [-0.25, -0.2) is 9.13 Å². The number of carbonyl (C=O) groups is 4. The highest BCUT2D eigenvalue weighted by atomic mass is 31.2. The molecule has 0 radical (unpaired) electrons. The molecule has 0 aliphatic rings. The smallest absolute Gasteiger partial charge is 0.462 e. The van der Waals surface area contributed by atoms with Gasteiger partial charge in [0, 0.05) is 25.7 Å². The van der Waals surface area contributed by atoms with E-state index < -0.39 is 97.5 Å². The van der Waals surface area contributed by atoms with Crippen LogP contribution in [0.5, 0.6) is 0 Å². The lowest BCUT2D eigenvalue weighted by atomic mass is 10.0. The van der Waals surface area contributed by atoms with Crippen molar-refractivity contribution in [3.63, 3.8) is 0 Å². The van der Waals surface area contributed by atoms with E-state index in [-0.39, 0.29) is 25.7 Å².